The van der Waals surface area contributed by atoms with Gasteiger partial charge in [0.05, 0.1) is 0 Å². The molecule has 0 aliphatic rings. The summed E-state index contributed by atoms with van der Waals surface area (Å²) in [5, 5.41) is 0. The molecule has 1 atom stereocenters. The summed E-state index contributed by atoms with van der Waals surface area (Å²) in [6, 6.07) is 8.69. The Morgan fingerprint density at radius 2 is 1.92 bits per heavy atom. The molecule has 0 N–H and O–H groups in total. The molecular weight excluding hydrogens is 327 g/mol. The molecule has 0 amide bonds. The van der Waals surface area contributed by atoms with Crippen LogP contribution in [0.15, 0.2) is 24.3 Å². The first-order valence-electron chi connectivity index (χ1n) is 4.13. The largest absolute Gasteiger partial charge is 0.0839 e. The predicted molar refractivity (Wildman–Crippen MR) is 65.7 cm³/mol. The predicted octanol–water partition coefficient (Wildman–Crippen LogP) is 4.53. The van der Waals surface area contributed by atoms with Crippen molar-refractivity contribution < 1.29 is 0 Å². The van der Waals surface area contributed by atoms with Crippen molar-refractivity contribution >= 4 is 38.5 Å². The molecule has 0 aliphatic carbocycles. The maximum atomic E-state index is 3.67. The molecule has 12 heavy (non-hydrogen) atoms. The van der Waals surface area contributed by atoms with Gasteiger partial charge in [-0.1, -0.05) is 41.4 Å². The molecule has 0 aromatic heterocycles. The lowest BCUT2D eigenvalue weighted by Gasteiger charge is -2.07. The van der Waals surface area contributed by atoms with Gasteiger partial charge in [0.25, 0.3) is 0 Å². The maximum Gasteiger partial charge on any atom is 0.0395 e. The number of hydrogen-bond donors (Lipinski definition) is 0. The van der Waals surface area contributed by atoms with Gasteiger partial charge >= 0.3 is 0 Å². The van der Waals surface area contributed by atoms with E-state index in [1.807, 2.05) is 0 Å². The molecule has 0 radical (unpaired) electrons. The van der Waals surface area contributed by atoms with Crippen molar-refractivity contribution in [2.45, 2.75) is 24.6 Å². The summed E-state index contributed by atoms with van der Waals surface area (Å²) in [5.74, 6) is 0. The summed E-state index contributed by atoms with van der Waals surface area (Å²) in [6.07, 6.45) is 2.43. The summed E-state index contributed by atoms with van der Waals surface area (Å²) in [6.45, 7) is 2.21. The van der Waals surface area contributed by atoms with E-state index >= 15 is 0 Å². The van der Waals surface area contributed by atoms with E-state index in [0.717, 1.165) is 0 Å². The highest BCUT2D eigenvalue weighted by Gasteiger charge is 2.04. The average Bonchev–Trinajstić information content (AvgIpc) is 2.06. The van der Waals surface area contributed by atoms with Crippen LogP contribution < -0.4 is 0 Å². The summed E-state index contributed by atoms with van der Waals surface area (Å²) >= 11 is 5.99. The van der Waals surface area contributed by atoms with E-state index in [-0.39, 0.29) is 0 Å². The normalized spacial score (nSPS) is 12.9. The van der Waals surface area contributed by atoms with E-state index in [1.54, 1.807) is 0 Å². The Kier molecular flexibility index (Phi) is 4.57. The van der Waals surface area contributed by atoms with Gasteiger partial charge in [-0.25, -0.2) is 0 Å². The van der Waals surface area contributed by atoms with Gasteiger partial charge in [0.2, 0.25) is 0 Å². The molecule has 2 heteroatoms. The van der Waals surface area contributed by atoms with E-state index in [1.165, 1.54) is 22.0 Å². The maximum absolute atomic E-state index is 3.67. The van der Waals surface area contributed by atoms with Crippen LogP contribution in [0, 0.1) is 3.57 Å². The van der Waals surface area contributed by atoms with Crippen LogP contribution in [-0.4, -0.2) is 0 Å². The molecule has 66 valence electrons. The monoisotopic (exact) mass is 338 g/mol. The molecule has 1 aromatic rings. The van der Waals surface area contributed by atoms with E-state index in [4.69, 9.17) is 0 Å². The standard InChI is InChI=1S/C10H12BrI/c1-2-3-10(11)8-4-6-9(12)7-5-8/h4-7,10H,2-3H2,1H3. The van der Waals surface area contributed by atoms with E-state index in [9.17, 15) is 0 Å². The Morgan fingerprint density at radius 1 is 1.33 bits per heavy atom. The second kappa shape index (κ2) is 5.22. The number of halogens is 2. The van der Waals surface area contributed by atoms with Gasteiger partial charge in [0.1, 0.15) is 0 Å². The van der Waals surface area contributed by atoms with Gasteiger partial charge in [-0.15, -0.1) is 0 Å². The second-order valence-electron chi connectivity index (χ2n) is 2.81. The van der Waals surface area contributed by atoms with Crippen LogP contribution in [0.2, 0.25) is 0 Å². The smallest absolute Gasteiger partial charge is 0.0395 e. The van der Waals surface area contributed by atoms with Crippen molar-refractivity contribution in [3.63, 3.8) is 0 Å². The fourth-order valence-corrected chi connectivity index (χ4v) is 2.21. The van der Waals surface area contributed by atoms with Crippen LogP contribution in [0.5, 0.6) is 0 Å². The first-order chi connectivity index (χ1) is 5.74. The zero-order valence-corrected chi connectivity index (χ0v) is 10.8. The van der Waals surface area contributed by atoms with Crippen molar-refractivity contribution in [2.75, 3.05) is 0 Å². The van der Waals surface area contributed by atoms with Crippen molar-refractivity contribution in [2.24, 2.45) is 0 Å². The third-order valence-corrected chi connectivity index (χ3v) is 3.48. The first kappa shape index (κ1) is 10.5. The summed E-state index contributed by atoms with van der Waals surface area (Å²) in [7, 11) is 0. The first-order valence-corrected chi connectivity index (χ1v) is 6.13. The number of hydrogen-bond acceptors (Lipinski definition) is 0. The number of benzene rings is 1. The Balaban J connectivity index is 2.68. The molecular formula is C10H12BrI. The fraction of sp³-hybridized carbons (Fsp3) is 0.400. The highest BCUT2D eigenvalue weighted by molar-refractivity contribution is 14.1. The second-order valence-corrected chi connectivity index (χ2v) is 5.16. The molecule has 0 bridgehead atoms. The molecule has 0 saturated carbocycles. The van der Waals surface area contributed by atoms with E-state index in [2.05, 4.69) is 69.7 Å². The van der Waals surface area contributed by atoms with Gasteiger partial charge in [0.15, 0.2) is 0 Å². The quantitative estimate of drug-likeness (QED) is 0.561. The third-order valence-electron chi connectivity index (χ3n) is 1.77. The lowest BCUT2D eigenvalue weighted by atomic mass is 10.1. The van der Waals surface area contributed by atoms with E-state index < -0.39 is 0 Å². The van der Waals surface area contributed by atoms with Gasteiger partial charge < -0.3 is 0 Å². The lowest BCUT2D eigenvalue weighted by Crippen LogP contribution is -1.88. The van der Waals surface area contributed by atoms with Crippen LogP contribution in [0.1, 0.15) is 30.2 Å². The zero-order chi connectivity index (χ0) is 8.97. The molecule has 1 rings (SSSR count). The molecule has 0 spiro atoms. The van der Waals surface area contributed by atoms with E-state index in [0.29, 0.717) is 4.83 Å². The number of rotatable bonds is 3. The summed E-state index contributed by atoms with van der Waals surface area (Å²) in [5.41, 5.74) is 1.39. The Bertz CT molecular complexity index is 230. The topological polar surface area (TPSA) is 0 Å². The van der Waals surface area contributed by atoms with Crippen LogP contribution in [0.25, 0.3) is 0 Å². The summed E-state index contributed by atoms with van der Waals surface area (Å²) < 4.78 is 1.30. The van der Waals surface area contributed by atoms with Gasteiger partial charge in [-0.3, -0.25) is 0 Å². The van der Waals surface area contributed by atoms with Gasteiger partial charge in [-0.2, -0.15) is 0 Å². The summed E-state index contributed by atoms with van der Waals surface area (Å²) in [4.78, 5) is 0.527. The minimum Gasteiger partial charge on any atom is -0.0839 e. The molecule has 0 fully saturated rings. The van der Waals surface area contributed by atoms with Crippen LogP contribution in [0.4, 0.5) is 0 Å². The van der Waals surface area contributed by atoms with Gasteiger partial charge in [0, 0.05) is 8.40 Å². The fourth-order valence-electron chi connectivity index (χ4n) is 1.09. The van der Waals surface area contributed by atoms with Crippen LogP contribution >= 0.6 is 38.5 Å². The Morgan fingerprint density at radius 3 is 2.42 bits per heavy atom. The van der Waals surface area contributed by atoms with Crippen LogP contribution in [0.3, 0.4) is 0 Å². The van der Waals surface area contributed by atoms with Crippen molar-refractivity contribution in [1.29, 1.82) is 0 Å². The molecule has 1 aromatic carbocycles. The van der Waals surface area contributed by atoms with Crippen molar-refractivity contribution in [1.82, 2.24) is 0 Å². The average molecular weight is 339 g/mol. The molecule has 0 aliphatic heterocycles. The lowest BCUT2D eigenvalue weighted by molar-refractivity contribution is 0.788. The minimum absolute atomic E-state index is 0.527. The Hall–Kier alpha value is 0.430. The highest BCUT2D eigenvalue weighted by Crippen LogP contribution is 2.27. The molecule has 1 unspecified atom stereocenters. The highest BCUT2D eigenvalue weighted by atomic mass is 127. The van der Waals surface area contributed by atoms with Crippen molar-refractivity contribution in [3.8, 4) is 0 Å². The minimum atomic E-state index is 0.527. The van der Waals surface area contributed by atoms with Crippen LogP contribution in [-0.2, 0) is 0 Å². The molecule has 0 nitrogen and oxygen atoms in total. The number of alkyl halides is 1. The van der Waals surface area contributed by atoms with Gasteiger partial charge in [-0.05, 0) is 46.7 Å². The van der Waals surface area contributed by atoms with Crippen molar-refractivity contribution in [3.05, 3.63) is 33.4 Å². The zero-order valence-electron chi connectivity index (χ0n) is 7.06. The molecule has 0 saturated heterocycles. The third kappa shape index (κ3) is 3.05. The molecule has 0 heterocycles. The Labute approximate surface area is 96.0 Å². The SMILES string of the molecule is CCCC(Br)c1ccc(I)cc1.